The Morgan fingerprint density at radius 3 is 2.68 bits per heavy atom. The van der Waals surface area contributed by atoms with Gasteiger partial charge in [0, 0.05) is 30.0 Å². The first-order valence-corrected chi connectivity index (χ1v) is 12.8. The fourth-order valence-corrected chi connectivity index (χ4v) is 5.95. The second kappa shape index (κ2) is 9.07. The molecule has 1 unspecified atom stereocenters. The Kier molecular flexibility index (Phi) is 5.71. The number of hydrogen-bond donors (Lipinski definition) is 3. The Labute approximate surface area is 212 Å². The van der Waals surface area contributed by atoms with Crippen molar-refractivity contribution in [1.29, 1.82) is 5.26 Å². The van der Waals surface area contributed by atoms with Gasteiger partial charge < -0.3 is 20.3 Å². The summed E-state index contributed by atoms with van der Waals surface area (Å²) in [6, 6.07) is 9.59. The molecule has 1 aliphatic heterocycles. The molecule has 3 heterocycles. The molecule has 1 amide bonds. The number of nitrogens with zero attached hydrogens (tertiary/aromatic N) is 4. The zero-order valence-corrected chi connectivity index (χ0v) is 20.3. The molecule has 0 bridgehead atoms. The van der Waals surface area contributed by atoms with Gasteiger partial charge in [-0.15, -0.1) is 0 Å². The van der Waals surface area contributed by atoms with Gasteiger partial charge >= 0.3 is 5.97 Å². The van der Waals surface area contributed by atoms with Crippen LogP contribution in [0.25, 0.3) is 10.9 Å². The third kappa shape index (κ3) is 4.14. The number of carboxylic acids is 1. The fraction of sp³-hybridized carbons (Fsp3) is 0.444. The van der Waals surface area contributed by atoms with Crippen LogP contribution in [-0.4, -0.2) is 42.7 Å². The number of H-pyrrole nitrogens is 1. The van der Waals surface area contributed by atoms with Gasteiger partial charge in [0.05, 0.1) is 30.0 Å². The average Bonchev–Trinajstić information content (AvgIpc) is 3.60. The van der Waals surface area contributed by atoms with E-state index in [9.17, 15) is 24.8 Å². The Morgan fingerprint density at radius 2 is 1.97 bits per heavy atom. The minimum atomic E-state index is -0.755. The van der Waals surface area contributed by atoms with E-state index in [2.05, 4.69) is 16.4 Å². The van der Waals surface area contributed by atoms with E-state index in [1.807, 2.05) is 27.8 Å². The number of fused-ring (bicyclic) bond motifs is 2. The lowest BCUT2D eigenvalue weighted by Gasteiger charge is -2.33. The van der Waals surface area contributed by atoms with Crippen LogP contribution in [0.4, 0.5) is 11.5 Å². The zero-order valence-electron chi connectivity index (χ0n) is 20.3. The molecule has 6 rings (SSSR count). The Hall–Kier alpha value is -4.13. The molecule has 0 spiro atoms. The van der Waals surface area contributed by atoms with Gasteiger partial charge in [-0.3, -0.25) is 19.1 Å². The molecular weight excluding hydrogens is 472 g/mol. The standard InChI is InChI=1S/C27H28N6O4/c28-11-9-21(15-1-2-15)33-22-10-12-29-25(34)23(22)24(31-33)30-18-5-8-20-17(13-18)14-32(26(20)35)19-6-3-16(4-7-19)27(36)37/h5,8,10,12-13,15-16,19,21H,1-4,6-7,9,14H2,(H,29,34)(H,30,31)(H,36,37). The van der Waals surface area contributed by atoms with Crippen molar-refractivity contribution in [2.45, 2.75) is 63.6 Å². The quantitative estimate of drug-likeness (QED) is 0.446. The van der Waals surface area contributed by atoms with Crippen molar-refractivity contribution >= 4 is 34.3 Å². The molecule has 1 aromatic carbocycles. The number of benzene rings is 1. The number of amides is 1. The van der Waals surface area contributed by atoms with Gasteiger partial charge in [0.15, 0.2) is 5.82 Å². The maximum atomic E-state index is 13.1. The van der Waals surface area contributed by atoms with E-state index in [1.54, 1.807) is 12.3 Å². The second-order valence-corrected chi connectivity index (χ2v) is 10.4. The van der Waals surface area contributed by atoms with E-state index in [-0.39, 0.29) is 29.5 Å². The van der Waals surface area contributed by atoms with Crippen molar-refractivity contribution < 1.29 is 14.7 Å². The van der Waals surface area contributed by atoms with Crippen LogP contribution in [0.3, 0.4) is 0 Å². The van der Waals surface area contributed by atoms with Crippen molar-refractivity contribution in [2.75, 3.05) is 5.32 Å². The van der Waals surface area contributed by atoms with Crippen LogP contribution < -0.4 is 10.9 Å². The maximum Gasteiger partial charge on any atom is 0.306 e. The molecular formula is C27H28N6O4. The summed E-state index contributed by atoms with van der Waals surface area (Å²) in [7, 11) is 0. The summed E-state index contributed by atoms with van der Waals surface area (Å²) in [4.78, 5) is 41.8. The molecule has 2 fully saturated rings. The van der Waals surface area contributed by atoms with Crippen LogP contribution in [-0.2, 0) is 11.3 Å². The first-order valence-electron chi connectivity index (χ1n) is 12.8. The van der Waals surface area contributed by atoms with E-state index in [4.69, 9.17) is 5.10 Å². The summed E-state index contributed by atoms with van der Waals surface area (Å²) in [6.45, 7) is 0.480. The lowest BCUT2D eigenvalue weighted by Crippen LogP contribution is -2.39. The first-order chi connectivity index (χ1) is 17.9. The summed E-state index contributed by atoms with van der Waals surface area (Å²) >= 11 is 0. The second-order valence-electron chi connectivity index (χ2n) is 10.4. The number of rotatable bonds is 7. The summed E-state index contributed by atoms with van der Waals surface area (Å²) in [5.74, 6) is -0.283. The largest absolute Gasteiger partial charge is 0.481 e. The van der Waals surface area contributed by atoms with Gasteiger partial charge in [0.25, 0.3) is 11.5 Å². The number of aliphatic carboxylic acids is 1. The highest BCUT2D eigenvalue weighted by Crippen LogP contribution is 2.43. The summed E-state index contributed by atoms with van der Waals surface area (Å²) in [6.07, 6.45) is 6.59. The number of nitrogens with one attached hydrogen (secondary N) is 2. The lowest BCUT2D eigenvalue weighted by molar-refractivity contribution is -0.143. The molecule has 2 aliphatic carbocycles. The predicted octanol–water partition coefficient (Wildman–Crippen LogP) is 3.93. The molecule has 0 saturated heterocycles. The molecule has 10 nitrogen and oxygen atoms in total. The summed E-state index contributed by atoms with van der Waals surface area (Å²) in [5, 5.41) is 27.1. The highest BCUT2D eigenvalue weighted by Gasteiger charge is 2.37. The zero-order chi connectivity index (χ0) is 25.7. The molecule has 37 heavy (non-hydrogen) atoms. The van der Waals surface area contributed by atoms with E-state index in [0.29, 0.717) is 66.9 Å². The topological polar surface area (TPSA) is 144 Å². The van der Waals surface area contributed by atoms with Crippen molar-refractivity contribution in [2.24, 2.45) is 11.8 Å². The third-order valence-corrected chi connectivity index (χ3v) is 8.10. The number of aromatic amines is 1. The molecule has 1 atom stereocenters. The number of carboxylic acid groups (broad SMARTS) is 1. The van der Waals surface area contributed by atoms with Crippen LogP contribution in [0.5, 0.6) is 0 Å². The van der Waals surface area contributed by atoms with E-state index < -0.39 is 5.97 Å². The number of nitriles is 1. The smallest absolute Gasteiger partial charge is 0.306 e. The summed E-state index contributed by atoms with van der Waals surface area (Å²) in [5.41, 5.74) is 2.71. The highest BCUT2D eigenvalue weighted by atomic mass is 16.4. The van der Waals surface area contributed by atoms with Gasteiger partial charge in [-0.2, -0.15) is 10.4 Å². The Bertz CT molecular complexity index is 1490. The van der Waals surface area contributed by atoms with Crippen molar-refractivity contribution in [3.05, 3.63) is 51.9 Å². The van der Waals surface area contributed by atoms with Crippen LogP contribution in [0.15, 0.2) is 35.3 Å². The number of hydrogen-bond acceptors (Lipinski definition) is 6. The van der Waals surface area contributed by atoms with Crippen LogP contribution in [0, 0.1) is 23.2 Å². The molecule has 3 aliphatic rings. The highest BCUT2D eigenvalue weighted by molar-refractivity contribution is 5.99. The van der Waals surface area contributed by atoms with E-state index in [1.165, 1.54) is 0 Å². The SMILES string of the molecule is N#CCC(C1CC1)n1nc(Nc2ccc3c(c2)CN(C2CCC(C(=O)O)CC2)C3=O)c2c(=O)[nH]ccc21. The average molecular weight is 501 g/mol. The van der Waals surface area contributed by atoms with Gasteiger partial charge in [-0.05, 0) is 74.3 Å². The Morgan fingerprint density at radius 1 is 1.19 bits per heavy atom. The van der Waals surface area contributed by atoms with Gasteiger partial charge in [0.1, 0.15) is 5.39 Å². The van der Waals surface area contributed by atoms with E-state index in [0.717, 1.165) is 24.1 Å². The van der Waals surface area contributed by atoms with Crippen LogP contribution >= 0.6 is 0 Å². The number of carbonyl (C=O) groups is 2. The molecule has 10 heteroatoms. The lowest BCUT2D eigenvalue weighted by atomic mass is 9.85. The minimum absolute atomic E-state index is 0.0183. The van der Waals surface area contributed by atoms with Crippen LogP contribution in [0.2, 0.25) is 0 Å². The molecule has 3 aromatic rings. The maximum absolute atomic E-state index is 13.1. The normalized spacial score (nSPS) is 22.0. The molecule has 2 aromatic heterocycles. The fourth-order valence-electron chi connectivity index (χ4n) is 5.95. The number of pyridine rings is 1. The third-order valence-electron chi connectivity index (χ3n) is 8.10. The Balaban J connectivity index is 1.26. The van der Waals surface area contributed by atoms with Gasteiger partial charge in [0.2, 0.25) is 0 Å². The van der Waals surface area contributed by atoms with Gasteiger partial charge in [-0.1, -0.05) is 0 Å². The monoisotopic (exact) mass is 500 g/mol. The van der Waals surface area contributed by atoms with Crippen molar-refractivity contribution in [3.63, 3.8) is 0 Å². The van der Waals surface area contributed by atoms with E-state index >= 15 is 0 Å². The van der Waals surface area contributed by atoms with Crippen molar-refractivity contribution in [3.8, 4) is 6.07 Å². The first kappa shape index (κ1) is 23.3. The van der Waals surface area contributed by atoms with Crippen molar-refractivity contribution in [1.82, 2.24) is 19.7 Å². The van der Waals surface area contributed by atoms with Gasteiger partial charge in [-0.25, -0.2) is 0 Å². The number of carbonyl (C=O) groups excluding carboxylic acids is 1. The molecule has 190 valence electrons. The summed E-state index contributed by atoms with van der Waals surface area (Å²) < 4.78 is 1.82. The molecule has 0 radical (unpaired) electrons. The predicted molar refractivity (Wildman–Crippen MR) is 135 cm³/mol. The molecule has 3 N–H and O–H groups in total. The van der Waals surface area contributed by atoms with Crippen LogP contribution in [0.1, 0.15) is 66.9 Å². The minimum Gasteiger partial charge on any atom is -0.481 e. The number of aromatic nitrogens is 3. The number of anilines is 2. The molecule has 2 saturated carbocycles.